The molecular weight excluding hydrogens is 771 g/mol. The second-order valence-electron chi connectivity index (χ2n) is 24.6. The summed E-state index contributed by atoms with van der Waals surface area (Å²) >= 11 is 0. The zero-order valence-corrected chi connectivity index (χ0v) is 41.2. The summed E-state index contributed by atoms with van der Waals surface area (Å²) in [6.45, 7) is 30.5. The summed E-state index contributed by atoms with van der Waals surface area (Å²) in [5, 5.41) is 0. The lowest BCUT2D eigenvalue weighted by molar-refractivity contribution is 0.332. The van der Waals surface area contributed by atoms with Crippen LogP contribution in [0.1, 0.15) is 166 Å². The van der Waals surface area contributed by atoms with Crippen molar-refractivity contribution < 1.29 is 4.11 Å². The maximum absolute atomic E-state index is 9.17. The van der Waals surface area contributed by atoms with Crippen molar-refractivity contribution in [3.63, 3.8) is 0 Å². The number of nitrogens with zero attached hydrogens (tertiary/aromatic N) is 2. The SMILES string of the molecule is [2H]C([2H])([2H])c1cc2c3c(c1)N(c1ccc(C(C)(C)C)cc1-c1ccccc1)c1ccc(C(C)(C)C)cc1B3c1cc3c(cc1N2c1ccc2c(c1)C(C)(C)CCC2(C)C)C(C)(C)CCC3(C)C. The molecule has 0 saturated heterocycles. The summed E-state index contributed by atoms with van der Waals surface area (Å²) in [6, 6.07) is 41.2. The molecule has 0 aromatic heterocycles. The third kappa shape index (κ3) is 6.64. The number of hydrogen-bond acceptors (Lipinski definition) is 2. The zero-order chi connectivity index (χ0) is 48.2. The van der Waals surface area contributed by atoms with Crippen LogP contribution in [0.3, 0.4) is 0 Å². The lowest BCUT2D eigenvalue weighted by Crippen LogP contribution is -2.62. The maximum Gasteiger partial charge on any atom is 0.252 e. The first-order valence-electron chi connectivity index (χ1n) is 25.6. The molecule has 328 valence electrons. The van der Waals surface area contributed by atoms with E-state index in [9.17, 15) is 0 Å². The lowest BCUT2D eigenvalue weighted by Gasteiger charge is -2.48. The maximum atomic E-state index is 9.17. The number of aryl methyl sites for hydroxylation is 1. The smallest absolute Gasteiger partial charge is 0.252 e. The van der Waals surface area contributed by atoms with E-state index in [4.69, 9.17) is 4.11 Å². The van der Waals surface area contributed by atoms with Gasteiger partial charge in [-0.2, -0.15) is 0 Å². The Bertz CT molecular complexity index is 2990. The van der Waals surface area contributed by atoms with Gasteiger partial charge < -0.3 is 9.80 Å². The van der Waals surface area contributed by atoms with Crippen LogP contribution in [-0.4, -0.2) is 6.71 Å². The average molecular weight is 846 g/mol. The molecular formula is C61H71BN2. The number of anilines is 6. The van der Waals surface area contributed by atoms with Crippen LogP contribution in [0.2, 0.25) is 0 Å². The van der Waals surface area contributed by atoms with E-state index in [1.54, 1.807) is 0 Å². The molecule has 0 atom stereocenters. The highest BCUT2D eigenvalue weighted by atomic mass is 15.2. The van der Waals surface area contributed by atoms with Gasteiger partial charge in [-0.05, 0) is 174 Å². The van der Waals surface area contributed by atoms with E-state index >= 15 is 0 Å². The second-order valence-corrected chi connectivity index (χ2v) is 24.6. The molecule has 0 bridgehead atoms. The quantitative estimate of drug-likeness (QED) is 0.164. The molecule has 0 unspecified atom stereocenters. The van der Waals surface area contributed by atoms with Crippen LogP contribution in [0.5, 0.6) is 0 Å². The Morgan fingerprint density at radius 3 is 1.58 bits per heavy atom. The second kappa shape index (κ2) is 14.0. The standard InChI is InChI=1S/C61H71BN2/c1-38-31-53-55-54(32-38)64(50-25-21-40(56(2,3)4)33-43(50)39-19-17-16-18-20-39)51-26-22-41(57(5,6)7)34-48(51)62(55)49-36-46-47(61(14,15)30-29-60(46,12)13)37-52(49)63(53)42-23-24-44-45(35-42)59(10,11)28-27-58(44,8)9/h16-26,31-37H,27-30H2,1-15H3/i1D3. The molecule has 4 aliphatic rings. The summed E-state index contributed by atoms with van der Waals surface area (Å²) < 4.78 is 27.5. The topological polar surface area (TPSA) is 6.48 Å². The van der Waals surface area contributed by atoms with Crippen molar-refractivity contribution in [1.82, 2.24) is 0 Å². The van der Waals surface area contributed by atoms with Gasteiger partial charge in [0.1, 0.15) is 0 Å². The van der Waals surface area contributed by atoms with Crippen molar-refractivity contribution in [3.8, 4) is 11.1 Å². The number of benzene rings is 6. The van der Waals surface area contributed by atoms with Crippen molar-refractivity contribution >= 4 is 57.2 Å². The van der Waals surface area contributed by atoms with Gasteiger partial charge in [0.2, 0.25) is 0 Å². The van der Waals surface area contributed by atoms with Gasteiger partial charge in [0, 0.05) is 38.1 Å². The van der Waals surface area contributed by atoms with Gasteiger partial charge in [0.05, 0.1) is 5.69 Å². The zero-order valence-electron chi connectivity index (χ0n) is 44.2. The van der Waals surface area contributed by atoms with Gasteiger partial charge in [-0.1, -0.05) is 158 Å². The largest absolute Gasteiger partial charge is 0.311 e. The molecule has 6 aromatic rings. The summed E-state index contributed by atoms with van der Waals surface area (Å²) in [5.41, 5.74) is 20.5. The van der Waals surface area contributed by atoms with Gasteiger partial charge in [0.15, 0.2) is 0 Å². The summed E-state index contributed by atoms with van der Waals surface area (Å²) in [4.78, 5) is 4.90. The van der Waals surface area contributed by atoms with Crippen LogP contribution in [0.25, 0.3) is 11.1 Å². The number of hydrogen-bond donors (Lipinski definition) is 0. The van der Waals surface area contributed by atoms with Gasteiger partial charge in [-0.3, -0.25) is 0 Å². The molecule has 2 nitrogen and oxygen atoms in total. The minimum absolute atomic E-state index is 0.0173. The highest BCUT2D eigenvalue weighted by Crippen LogP contribution is 2.53. The Morgan fingerprint density at radius 2 is 0.984 bits per heavy atom. The fraction of sp³-hybridized carbons (Fsp3) is 0.410. The normalized spacial score (nSPS) is 19.6. The van der Waals surface area contributed by atoms with Gasteiger partial charge >= 0.3 is 0 Å². The van der Waals surface area contributed by atoms with Gasteiger partial charge in [0.25, 0.3) is 6.71 Å². The molecule has 2 aliphatic heterocycles. The molecule has 0 amide bonds. The number of rotatable bonds is 3. The Labute approximate surface area is 390 Å². The number of fused-ring (bicyclic) bond motifs is 6. The van der Waals surface area contributed by atoms with Crippen LogP contribution >= 0.6 is 0 Å². The van der Waals surface area contributed by atoms with Crippen molar-refractivity contribution in [2.24, 2.45) is 0 Å². The van der Waals surface area contributed by atoms with E-state index in [0.29, 0.717) is 5.56 Å². The molecule has 0 N–H and O–H groups in total. The predicted octanol–water partition coefficient (Wildman–Crippen LogP) is 15.0. The Morgan fingerprint density at radius 1 is 0.469 bits per heavy atom. The van der Waals surface area contributed by atoms with E-state index in [1.807, 2.05) is 12.1 Å². The highest BCUT2D eigenvalue weighted by Gasteiger charge is 2.47. The summed E-state index contributed by atoms with van der Waals surface area (Å²) in [5.74, 6) is 0. The fourth-order valence-corrected chi connectivity index (χ4v) is 11.8. The van der Waals surface area contributed by atoms with E-state index in [-0.39, 0.29) is 39.2 Å². The minimum Gasteiger partial charge on any atom is -0.311 e. The van der Waals surface area contributed by atoms with E-state index in [0.717, 1.165) is 76.4 Å². The first-order valence-corrected chi connectivity index (χ1v) is 24.1. The van der Waals surface area contributed by atoms with Crippen LogP contribution in [0.15, 0.2) is 109 Å². The molecule has 0 spiro atoms. The van der Waals surface area contributed by atoms with E-state index in [2.05, 4.69) is 204 Å². The molecule has 2 aliphatic carbocycles. The first kappa shape index (κ1) is 39.4. The van der Waals surface area contributed by atoms with E-state index in [1.165, 1.54) is 44.3 Å². The van der Waals surface area contributed by atoms with Crippen molar-refractivity contribution in [3.05, 3.63) is 148 Å². The van der Waals surface area contributed by atoms with Gasteiger partial charge in [-0.25, -0.2) is 0 Å². The Kier molecular flexibility index (Phi) is 8.61. The molecule has 6 aromatic carbocycles. The molecule has 0 radical (unpaired) electrons. The monoisotopic (exact) mass is 846 g/mol. The predicted molar refractivity (Wildman–Crippen MR) is 279 cm³/mol. The van der Waals surface area contributed by atoms with Gasteiger partial charge in [-0.15, -0.1) is 0 Å². The molecule has 0 fully saturated rings. The molecule has 10 rings (SSSR count). The van der Waals surface area contributed by atoms with E-state index < -0.39 is 6.85 Å². The van der Waals surface area contributed by atoms with Crippen LogP contribution in [-0.2, 0) is 32.5 Å². The van der Waals surface area contributed by atoms with Crippen molar-refractivity contribution in [2.75, 3.05) is 9.80 Å². The highest BCUT2D eigenvalue weighted by molar-refractivity contribution is 7.00. The first-order chi connectivity index (χ1) is 31.1. The Balaban J connectivity index is 1.37. The lowest BCUT2D eigenvalue weighted by atomic mass is 9.33. The molecule has 0 saturated carbocycles. The third-order valence-corrected chi connectivity index (χ3v) is 16.2. The fourth-order valence-electron chi connectivity index (χ4n) is 11.8. The molecule has 3 heteroatoms. The molecule has 2 heterocycles. The van der Waals surface area contributed by atoms with Crippen molar-refractivity contribution in [1.29, 1.82) is 0 Å². The van der Waals surface area contributed by atoms with Crippen LogP contribution in [0, 0.1) is 6.85 Å². The molecule has 64 heavy (non-hydrogen) atoms. The third-order valence-electron chi connectivity index (χ3n) is 16.2. The summed E-state index contributed by atoms with van der Waals surface area (Å²) in [7, 11) is 0. The van der Waals surface area contributed by atoms with Crippen LogP contribution in [0.4, 0.5) is 34.1 Å². The summed E-state index contributed by atoms with van der Waals surface area (Å²) in [6.07, 6.45) is 4.46. The Hall–Kier alpha value is -5.02. The van der Waals surface area contributed by atoms with Crippen LogP contribution < -0.4 is 26.2 Å². The van der Waals surface area contributed by atoms with Crippen molar-refractivity contribution in [2.45, 2.75) is 162 Å². The average Bonchev–Trinajstić information content (AvgIpc) is 3.25. The minimum atomic E-state index is -2.36.